The molecule has 2 aromatic carbocycles. The van der Waals surface area contributed by atoms with Gasteiger partial charge in [-0.05, 0) is 42.5 Å². The molecule has 1 fully saturated rings. The van der Waals surface area contributed by atoms with E-state index in [4.69, 9.17) is 11.6 Å². The highest BCUT2D eigenvalue weighted by Gasteiger charge is 2.29. The van der Waals surface area contributed by atoms with Crippen molar-refractivity contribution < 1.29 is 15.0 Å². The molecule has 2 N–H and O–H groups in total. The van der Waals surface area contributed by atoms with E-state index in [-0.39, 0.29) is 23.1 Å². The molecule has 5 heteroatoms. The normalized spacial score (nSPS) is 16.8. The third-order valence-electron chi connectivity index (χ3n) is 4.60. The molecule has 1 aliphatic heterocycles. The summed E-state index contributed by atoms with van der Waals surface area (Å²) in [4.78, 5) is 14.3. The number of nitrogens with zero attached hydrogens (tertiary/aromatic N) is 1. The summed E-state index contributed by atoms with van der Waals surface area (Å²) in [5.41, 5.74) is 1.14. The van der Waals surface area contributed by atoms with Gasteiger partial charge in [0.25, 0.3) is 5.91 Å². The molecule has 3 rings (SSSR count). The van der Waals surface area contributed by atoms with Crippen molar-refractivity contribution in [3.63, 3.8) is 0 Å². The Bertz CT molecular complexity index is 712. The molecule has 0 saturated carbocycles. The average molecular weight is 346 g/mol. The molecule has 1 heterocycles. The number of amides is 1. The number of benzene rings is 2. The van der Waals surface area contributed by atoms with Crippen molar-refractivity contribution in [2.24, 2.45) is 5.92 Å². The van der Waals surface area contributed by atoms with Gasteiger partial charge >= 0.3 is 0 Å². The van der Waals surface area contributed by atoms with Gasteiger partial charge in [-0.3, -0.25) is 4.79 Å². The average Bonchev–Trinajstić information content (AvgIpc) is 2.63. The second kappa shape index (κ2) is 7.24. The van der Waals surface area contributed by atoms with E-state index in [1.54, 1.807) is 11.0 Å². The number of piperidine rings is 1. The zero-order valence-corrected chi connectivity index (χ0v) is 14.0. The Morgan fingerprint density at radius 1 is 1.12 bits per heavy atom. The Morgan fingerprint density at radius 2 is 1.79 bits per heavy atom. The molecule has 24 heavy (non-hydrogen) atoms. The second-order valence-corrected chi connectivity index (χ2v) is 6.58. The van der Waals surface area contributed by atoms with Crippen molar-refractivity contribution in [1.29, 1.82) is 0 Å². The number of hydrogen-bond acceptors (Lipinski definition) is 3. The molecule has 126 valence electrons. The lowest BCUT2D eigenvalue weighted by Crippen LogP contribution is -2.39. The molecule has 0 aromatic heterocycles. The summed E-state index contributed by atoms with van der Waals surface area (Å²) in [5.74, 6) is -0.150. The van der Waals surface area contributed by atoms with Gasteiger partial charge in [0.1, 0.15) is 5.75 Å². The number of hydrogen-bond donors (Lipinski definition) is 2. The number of carbonyl (C=O) groups is 1. The molecule has 1 aliphatic rings. The summed E-state index contributed by atoms with van der Waals surface area (Å²) in [5, 5.41) is 20.8. The van der Waals surface area contributed by atoms with Crippen LogP contribution in [0.5, 0.6) is 5.75 Å². The van der Waals surface area contributed by atoms with Crippen LogP contribution in [0.15, 0.2) is 48.5 Å². The maximum Gasteiger partial charge on any atom is 0.257 e. The highest BCUT2D eigenvalue weighted by molar-refractivity contribution is 6.31. The summed E-state index contributed by atoms with van der Waals surface area (Å²) in [6, 6.07) is 14.1. The number of phenolic OH excluding ortho intramolecular Hbond substituents is 1. The molecule has 4 nitrogen and oxygen atoms in total. The molecule has 1 atom stereocenters. The molecular weight excluding hydrogens is 326 g/mol. The van der Waals surface area contributed by atoms with Gasteiger partial charge in [0.2, 0.25) is 0 Å². The predicted octanol–water partition coefficient (Wildman–Crippen LogP) is 3.63. The fraction of sp³-hybridized carbons (Fsp3) is 0.316. The van der Waals surface area contributed by atoms with E-state index < -0.39 is 6.10 Å². The monoisotopic (exact) mass is 345 g/mol. The number of aliphatic hydroxyl groups excluding tert-OH is 1. The van der Waals surface area contributed by atoms with Crippen LogP contribution in [-0.2, 0) is 0 Å². The first kappa shape index (κ1) is 16.8. The van der Waals surface area contributed by atoms with Crippen LogP contribution in [0, 0.1) is 5.92 Å². The zero-order chi connectivity index (χ0) is 17.1. The minimum absolute atomic E-state index is 0.0594. The Kier molecular flexibility index (Phi) is 5.07. The lowest BCUT2D eigenvalue weighted by atomic mass is 9.87. The molecule has 0 spiro atoms. The molecule has 0 radical (unpaired) electrons. The first-order valence-electron chi connectivity index (χ1n) is 8.07. The van der Waals surface area contributed by atoms with Gasteiger partial charge in [0.15, 0.2) is 0 Å². The first-order valence-corrected chi connectivity index (χ1v) is 8.45. The van der Waals surface area contributed by atoms with Gasteiger partial charge in [0.05, 0.1) is 11.7 Å². The summed E-state index contributed by atoms with van der Waals surface area (Å²) >= 11 is 5.92. The van der Waals surface area contributed by atoms with Gasteiger partial charge in [-0.1, -0.05) is 41.9 Å². The van der Waals surface area contributed by atoms with Crippen LogP contribution in [0.4, 0.5) is 0 Å². The van der Waals surface area contributed by atoms with Crippen LogP contribution >= 0.6 is 11.6 Å². The van der Waals surface area contributed by atoms with E-state index >= 15 is 0 Å². The van der Waals surface area contributed by atoms with E-state index in [1.807, 2.05) is 30.3 Å². The standard InChI is InChI=1S/C19H20ClNO3/c20-15-6-7-17(22)16(12-15)19(24)21-10-8-14(9-11-21)18(23)13-4-2-1-3-5-13/h1-7,12,14,18,22-23H,8-11H2. The Hall–Kier alpha value is -2.04. The molecule has 2 aromatic rings. The Balaban J connectivity index is 1.64. The fourth-order valence-electron chi connectivity index (χ4n) is 3.19. The van der Waals surface area contributed by atoms with Crippen LogP contribution in [-0.4, -0.2) is 34.1 Å². The summed E-state index contributed by atoms with van der Waals surface area (Å²) in [7, 11) is 0. The third-order valence-corrected chi connectivity index (χ3v) is 4.84. The number of aromatic hydroxyl groups is 1. The van der Waals surface area contributed by atoms with Crippen molar-refractivity contribution in [3.8, 4) is 5.75 Å². The Morgan fingerprint density at radius 3 is 2.46 bits per heavy atom. The predicted molar refractivity (Wildman–Crippen MR) is 93.1 cm³/mol. The van der Waals surface area contributed by atoms with Gasteiger partial charge in [-0.25, -0.2) is 0 Å². The smallest absolute Gasteiger partial charge is 0.257 e. The molecular formula is C19H20ClNO3. The van der Waals surface area contributed by atoms with E-state index in [0.29, 0.717) is 18.1 Å². The minimum Gasteiger partial charge on any atom is -0.507 e. The third kappa shape index (κ3) is 3.55. The number of carbonyl (C=O) groups excluding carboxylic acids is 1. The van der Waals surface area contributed by atoms with E-state index in [9.17, 15) is 15.0 Å². The lowest BCUT2D eigenvalue weighted by Gasteiger charge is -2.34. The fourth-order valence-corrected chi connectivity index (χ4v) is 3.36. The van der Waals surface area contributed by atoms with Gasteiger partial charge in [-0.2, -0.15) is 0 Å². The number of likely N-dealkylation sites (tertiary alicyclic amines) is 1. The van der Waals surface area contributed by atoms with Gasteiger partial charge in [-0.15, -0.1) is 0 Å². The van der Waals surface area contributed by atoms with Crippen LogP contribution in [0.25, 0.3) is 0 Å². The largest absolute Gasteiger partial charge is 0.507 e. The minimum atomic E-state index is -0.511. The first-order chi connectivity index (χ1) is 11.6. The maximum absolute atomic E-state index is 12.6. The Labute approximate surface area is 146 Å². The lowest BCUT2D eigenvalue weighted by molar-refractivity contribution is 0.0460. The highest BCUT2D eigenvalue weighted by atomic mass is 35.5. The number of phenols is 1. The number of rotatable bonds is 3. The van der Waals surface area contributed by atoms with Crippen molar-refractivity contribution in [2.45, 2.75) is 18.9 Å². The van der Waals surface area contributed by atoms with E-state index in [0.717, 1.165) is 18.4 Å². The van der Waals surface area contributed by atoms with Crippen LogP contribution in [0.3, 0.4) is 0 Å². The molecule has 1 saturated heterocycles. The molecule has 1 unspecified atom stereocenters. The van der Waals surface area contributed by atoms with E-state index in [2.05, 4.69) is 0 Å². The zero-order valence-electron chi connectivity index (χ0n) is 13.2. The highest BCUT2D eigenvalue weighted by Crippen LogP contribution is 2.32. The van der Waals surface area contributed by atoms with Crippen LogP contribution in [0.1, 0.15) is 34.9 Å². The quantitative estimate of drug-likeness (QED) is 0.893. The van der Waals surface area contributed by atoms with E-state index in [1.165, 1.54) is 12.1 Å². The second-order valence-electron chi connectivity index (χ2n) is 6.15. The topological polar surface area (TPSA) is 60.8 Å². The molecule has 0 bridgehead atoms. The summed E-state index contributed by atoms with van der Waals surface area (Å²) < 4.78 is 0. The van der Waals surface area contributed by atoms with Crippen LogP contribution in [0.2, 0.25) is 5.02 Å². The van der Waals surface area contributed by atoms with Crippen molar-refractivity contribution in [1.82, 2.24) is 4.90 Å². The van der Waals surface area contributed by atoms with Crippen LogP contribution < -0.4 is 0 Å². The van der Waals surface area contributed by atoms with Crippen molar-refractivity contribution >= 4 is 17.5 Å². The van der Waals surface area contributed by atoms with Crippen molar-refractivity contribution in [3.05, 3.63) is 64.7 Å². The van der Waals surface area contributed by atoms with Gasteiger partial charge < -0.3 is 15.1 Å². The summed E-state index contributed by atoms with van der Waals surface area (Å²) in [6.07, 6.45) is 0.940. The molecule has 0 aliphatic carbocycles. The molecule has 1 amide bonds. The SMILES string of the molecule is O=C(c1cc(Cl)ccc1O)N1CCC(C(O)c2ccccc2)CC1. The number of aliphatic hydroxyl groups is 1. The number of halogens is 1. The van der Waals surface area contributed by atoms with Crippen molar-refractivity contribution in [2.75, 3.05) is 13.1 Å². The van der Waals surface area contributed by atoms with Gasteiger partial charge in [0, 0.05) is 18.1 Å². The summed E-state index contributed by atoms with van der Waals surface area (Å²) in [6.45, 7) is 1.11. The maximum atomic E-state index is 12.6.